The third kappa shape index (κ3) is 3.21. The van der Waals surface area contributed by atoms with Crippen LogP contribution in [0.2, 0.25) is 5.02 Å². The molecular weight excluding hydrogens is 345 g/mol. The van der Waals surface area contributed by atoms with Gasteiger partial charge in [-0.3, -0.25) is 4.79 Å². The molecule has 2 aromatic heterocycles. The Kier molecular flexibility index (Phi) is 3.96. The maximum atomic E-state index is 12.9. The van der Waals surface area contributed by atoms with Gasteiger partial charge in [0.2, 0.25) is 0 Å². The van der Waals surface area contributed by atoms with Crippen LogP contribution in [0.4, 0.5) is 13.2 Å². The highest BCUT2D eigenvalue weighted by molar-refractivity contribution is 6.33. The number of rotatable bonds is 3. The second kappa shape index (κ2) is 5.83. The van der Waals surface area contributed by atoms with Crippen LogP contribution in [0.1, 0.15) is 11.1 Å². The molecule has 1 aromatic carbocycles. The largest absolute Gasteiger partial charge is 0.481 e. The Balaban J connectivity index is 2.08. The van der Waals surface area contributed by atoms with Crippen LogP contribution in [-0.2, 0) is 17.4 Å². The average Bonchev–Trinajstić information content (AvgIpc) is 2.90. The van der Waals surface area contributed by atoms with Crippen molar-refractivity contribution >= 4 is 23.2 Å². The van der Waals surface area contributed by atoms with Crippen molar-refractivity contribution in [3.8, 4) is 11.3 Å². The first-order valence-electron chi connectivity index (χ1n) is 6.80. The van der Waals surface area contributed by atoms with Gasteiger partial charge in [-0.1, -0.05) is 29.8 Å². The molecule has 2 heterocycles. The van der Waals surface area contributed by atoms with Crippen LogP contribution < -0.4 is 0 Å². The molecule has 0 aliphatic heterocycles. The second-order valence-electron chi connectivity index (χ2n) is 5.20. The molecule has 3 rings (SSSR count). The standard InChI is InChI=1S/C16H10ClF3N2O2/c17-12-6-11(16(18,19)20)7-22-8-13(21-15(12)22)10-3-1-2-9(4-10)5-14(23)24/h1-4,6-8H,5H2,(H,23,24). The van der Waals surface area contributed by atoms with E-state index in [-0.39, 0.29) is 17.1 Å². The van der Waals surface area contributed by atoms with E-state index in [1.165, 1.54) is 10.6 Å². The van der Waals surface area contributed by atoms with Crippen molar-refractivity contribution in [3.63, 3.8) is 0 Å². The number of hydrogen-bond donors (Lipinski definition) is 1. The summed E-state index contributed by atoms with van der Waals surface area (Å²) in [5.41, 5.74) is 0.900. The summed E-state index contributed by atoms with van der Waals surface area (Å²) in [5.74, 6) is -0.972. The molecule has 0 spiro atoms. The van der Waals surface area contributed by atoms with Crippen LogP contribution in [0.25, 0.3) is 16.9 Å². The summed E-state index contributed by atoms with van der Waals surface area (Å²) in [7, 11) is 0. The summed E-state index contributed by atoms with van der Waals surface area (Å²) in [6.07, 6.45) is -2.32. The number of benzene rings is 1. The summed E-state index contributed by atoms with van der Waals surface area (Å²) in [5, 5.41) is 8.73. The van der Waals surface area contributed by atoms with E-state index in [1.54, 1.807) is 24.3 Å². The Morgan fingerprint density at radius 3 is 2.67 bits per heavy atom. The first kappa shape index (κ1) is 16.3. The molecule has 0 atom stereocenters. The number of nitrogens with zero attached hydrogens (tertiary/aromatic N) is 2. The highest BCUT2D eigenvalue weighted by Gasteiger charge is 2.31. The van der Waals surface area contributed by atoms with E-state index in [0.29, 0.717) is 16.8 Å². The lowest BCUT2D eigenvalue weighted by Crippen LogP contribution is -2.06. The van der Waals surface area contributed by atoms with Crippen LogP contribution >= 0.6 is 11.6 Å². The molecule has 8 heteroatoms. The Labute approximate surface area is 139 Å². The molecule has 0 bridgehead atoms. The summed E-state index contributed by atoms with van der Waals surface area (Å²) in [4.78, 5) is 15.0. The van der Waals surface area contributed by atoms with E-state index >= 15 is 0 Å². The minimum Gasteiger partial charge on any atom is -0.481 e. The first-order chi connectivity index (χ1) is 11.2. The SMILES string of the molecule is O=C(O)Cc1cccc(-c2cn3cc(C(F)(F)F)cc(Cl)c3n2)c1. The molecule has 0 amide bonds. The lowest BCUT2D eigenvalue weighted by molar-refractivity contribution is -0.138. The summed E-state index contributed by atoms with van der Waals surface area (Å²) < 4.78 is 39.8. The lowest BCUT2D eigenvalue weighted by Gasteiger charge is -2.07. The number of pyridine rings is 1. The van der Waals surface area contributed by atoms with E-state index in [9.17, 15) is 18.0 Å². The van der Waals surface area contributed by atoms with Crippen molar-refractivity contribution in [2.75, 3.05) is 0 Å². The van der Waals surface area contributed by atoms with Crippen LogP contribution in [-0.4, -0.2) is 20.5 Å². The highest BCUT2D eigenvalue weighted by atomic mass is 35.5. The summed E-state index contributed by atoms with van der Waals surface area (Å²) in [6.45, 7) is 0. The third-order valence-corrected chi connectivity index (χ3v) is 3.69. The summed E-state index contributed by atoms with van der Waals surface area (Å²) in [6, 6.07) is 7.48. The monoisotopic (exact) mass is 354 g/mol. The number of carboxylic acid groups (broad SMARTS) is 1. The Hall–Kier alpha value is -2.54. The number of aromatic nitrogens is 2. The molecule has 0 radical (unpaired) electrons. The van der Waals surface area contributed by atoms with Gasteiger partial charge in [0, 0.05) is 18.0 Å². The van der Waals surface area contributed by atoms with Crippen molar-refractivity contribution in [3.05, 3.63) is 58.9 Å². The predicted molar refractivity (Wildman–Crippen MR) is 82.0 cm³/mol. The molecule has 0 aliphatic carbocycles. The molecule has 0 unspecified atom stereocenters. The number of carboxylic acids is 1. The summed E-state index contributed by atoms with van der Waals surface area (Å²) >= 11 is 5.91. The molecular formula is C16H10ClF3N2O2. The predicted octanol–water partition coefficient (Wildman–Crippen LogP) is 4.30. The molecule has 3 aromatic rings. The van der Waals surface area contributed by atoms with Gasteiger partial charge >= 0.3 is 12.1 Å². The number of carbonyl (C=O) groups is 1. The fourth-order valence-corrected chi connectivity index (χ4v) is 2.62. The number of imidazole rings is 1. The van der Waals surface area contributed by atoms with Gasteiger partial charge in [0.15, 0.2) is 5.65 Å². The van der Waals surface area contributed by atoms with Gasteiger partial charge in [0.25, 0.3) is 0 Å². The molecule has 0 aliphatic rings. The van der Waals surface area contributed by atoms with Crippen molar-refractivity contribution in [1.82, 2.24) is 9.38 Å². The Bertz CT molecular complexity index is 935. The van der Waals surface area contributed by atoms with Crippen LogP contribution in [0.3, 0.4) is 0 Å². The van der Waals surface area contributed by atoms with E-state index in [0.717, 1.165) is 12.3 Å². The Morgan fingerprint density at radius 2 is 2.00 bits per heavy atom. The van der Waals surface area contributed by atoms with Gasteiger partial charge in [-0.05, 0) is 17.7 Å². The average molecular weight is 355 g/mol. The van der Waals surface area contributed by atoms with Crippen molar-refractivity contribution < 1.29 is 23.1 Å². The van der Waals surface area contributed by atoms with Gasteiger partial charge in [-0.2, -0.15) is 13.2 Å². The number of hydrogen-bond acceptors (Lipinski definition) is 2. The number of fused-ring (bicyclic) bond motifs is 1. The normalized spacial score (nSPS) is 11.8. The van der Waals surface area contributed by atoms with Crippen LogP contribution in [0.15, 0.2) is 42.7 Å². The molecule has 124 valence electrons. The zero-order chi connectivity index (χ0) is 17.5. The maximum absolute atomic E-state index is 12.9. The number of alkyl halides is 3. The maximum Gasteiger partial charge on any atom is 0.417 e. The molecule has 4 nitrogen and oxygen atoms in total. The molecule has 0 fully saturated rings. The topological polar surface area (TPSA) is 54.6 Å². The van der Waals surface area contributed by atoms with Crippen molar-refractivity contribution in [2.45, 2.75) is 12.6 Å². The minimum atomic E-state index is -4.51. The van der Waals surface area contributed by atoms with Crippen molar-refractivity contribution in [1.29, 1.82) is 0 Å². The lowest BCUT2D eigenvalue weighted by atomic mass is 10.1. The molecule has 24 heavy (non-hydrogen) atoms. The highest BCUT2D eigenvalue weighted by Crippen LogP contribution is 2.33. The van der Waals surface area contributed by atoms with E-state index < -0.39 is 17.7 Å². The number of aliphatic carboxylic acids is 1. The zero-order valence-electron chi connectivity index (χ0n) is 12.0. The zero-order valence-corrected chi connectivity index (χ0v) is 12.8. The van der Waals surface area contributed by atoms with E-state index in [1.807, 2.05) is 0 Å². The first-order valence-corrected chi connectivity index (χ1v) is 7.18. The molecule has 1 N–H and O–H groups in total. The van der Waals surface area contributed by atoms with Crippen molar-refractivity contribution in [2.24, 2.45) is 0 Å². The second-order valence-corrected chi connectivity index (χ2v) is 5.61. The van der Waals surface area contributed by atoms with Gasteiger partial charge in [-0.15, -0.1) is 0 Å². The van der Waals surface area contributed by atoms with Gasteiger partial charge in [0.05, 0.1) is 22.7 Å². The fraction of sp³-hybridized carbons (Fsp3) is 0.125. The van der Waals surface area contributed by atoms with Crippen LogP contribution in [0.5, 0.6) is 0 Å². The van der Waals surface area contributed by atoms with Gasteiger partial charge < -0.3 is 9.51 Å². The molecule has 0 saturated heterocycles. The van der Waals surface area contributed by atoms with E-state index in [4.69, 9.17) is 16.7 Å². The molecule has 0 saturated carbocycles. The number of halogens is 4. The van der Waals surface area contributed by atoms with Crippen LogP contribution in [0, 0.1) is 0 Å². The quantitative estimate of drug-likeness (QED) is 0.763. The van der Waals surface area contributed by atoms with E-state index in [2.05, 4.69) is 4.98 Å². The fourth-order valence-electron chi connectivity index (χ4n) is 2.37. The van der Waals surface area contributed by atoms with Gasteiger partial charge in [0.1, 0.15) is 0 Å². The smallest absolute Gasteiger partial charge is 0.417 e. The minimum absolute atomic E-state index is 0.113. The Morgan fingerprint density at radius 1 is 1.25 bits per heavy atom. The van der Waals surface area contributed by atoms with Gasteiger partial charge in [-0.25, -0.2) is 4.98 Å². The third-order valence-electron chi connectivity index (χ3n) is 3.41.